The first-order valence-electron chi connectivity index (χ1n) is 10.7. The zero-order valence-corrected chi connectivity index (χ0v) is 17.5. The number of rotatable bonds is 4. The Balaban J connectivity index is 1.24. The standard InChI is InChI=1S/C24H27N5O2/c25-21-20-15-24(31-22(20)28-23(26)27-21)10-5-12-29(13-11-24)16-17-6-4-9-19(14-17)30-18-7-2-1-3-8-18/h1-4,6-9,14H,5,10-13,15-16H2,(H4,25,26,27,28). The predicted octanol–water partition coefficient (Wildman–Crippen LogP) is 3.79. The Hall–Kier alpha value is -3.32. The summed E-state index contributed by atoms with van der Waals surface area (Å²) in [6.07, 6.45) is 3.69. The monoisotopic (exact) mass is 417 g/mol. The lowest BCUT2D eigenvalue weighted by Crippen LogP contribution is -2.36. The van der Waals surface area contributed by atoms with Gasteiger partial charge in [-0.25, -0.2) is 0 Å². The molecule has 7 heteroatoms. The molecule has 31 heavy (non-hydrogen) atoms. The lowest BCUT2D eigenvalue weighted by atomic mass is 9.90. The van der Waals surface area contributed by atoms with Crippen LogP contribution in [0.5, 0.6) is 17.4 Å². The Morgan fingerprint density at radius 1 is 0.968 bits per heavy atom. The molecule has 3 aromatic rings. The minimum absolute atomic E-state index is 0.168. The van der Waals surface area contributed by atoms with Gasteiger partial charge in [0.05, 0.1) is 5.56 Å². The number of fused-ring (bicyclic) bond motifs is 1. The van der Waals surface area contributed by atoms with Crippen molar-refractivity contribution < 1.29 is 9.47 Å². The average Bonchev–Trinajstić information content (AvgIpc) is 3.00. The minimum atomic E-state index is -0.258. The van der Waals surface area contributed by atoms with Gasteiger partial charge >= 0.3 is 0 Å². The van der Waals surface area contributed by atoms with E-state index in [1.807, 2.05) is 36.4 Å². The summed E-state index contributed by atoms with van der Waals surface area (Å²) in [5, 5.41) is 0. The van der Waals surface area contributed by atoms with Crippen molar-refractivity contribution in [1.82, 2.24) is 14.9 Å². The molecule has 7 nitrogen and oxygen atoms in total. The van der Waals surface area contributed by atoms with E-state index in [-0.39, 0.29) is 11.5 Å². The second-order valence-corrected chi connectivity index (χ2v) is 8.40. The number of hydrogen-bond donors (Lipinski definition) is 2. The zero-order valence-electron chi connectivity index (χ0n) is 17.5. The summed E-state index contributed by atoms with van der Waals surface area (Å²) in [5.74, 6) is 2.87. The fourth-order valence-corrected chi connectivity index (χ4v) is 4.56. The summed E-state index contributed by atoms with van der Waals surface area (Å²) >= 11 is 0. The van der Waals surface area contributed by atoms with Gasteiger partial charge in [-0.3, -0.25) is 4.90 Å². The first kappa shape index (κ1) is 19.6. The van der Waals surface area contributed by atoms with E-state index in [1.54, 1.807) is 0 Å². The molecule has 0 amide bonds. The number of benzene rings is 2. The first-order chi connectivity index (χ1) is 15.1. The molecule has 2 aliphatic heterocycles. The number of aromatic nitrogens is 2. The van der Waals surface area contributed by atoms with Crippen LogP contribution in [0.15, 0.2) is 54.6 Å². The van der Waals surface area contributed by atoms with Crippen molar-refractivity contribution in [3.8, 4) is 17.4 Å². The third kappa shape index (κ3) is 4.27. The number of hydrogen-bond acceptors (Lipinski definition) is 7. The van der Waals surface area contributed by atoms with E-state index in [1.165, 1.54) is 5.56 Å². The van der Waals surface area contributed by atoms with E-state index < -0.39 is 0 Å². The maximum Gasteiger partial charge on any atom is 0.225 e. The van der Waals surface area contributed by atoms with Crippen LogP contribution in [0.2, 0.25) is 0 Å². The molecule has 160 valence electrons. The lowest BCUT2D eigenvalue weighted by Gasteiger charge is -2.27. The molecule has 1 fully saturated rings. The van der Waals surface area contributed by atoms with Crippen LogP contribution in [0.4, 0.5) is 11.8 Å². The molecular weight excluding hydrogens is 390 g/mol. The van der Waals surface area contributed by atoms with Gasteiger partial charge in [0.2, 0.25) is 11.8 Å². The Bertz CT molecular complexity index is 1070. The summed E-state index contributed by atoms with van der Waals surface area (Å²) in [6.45, 7) is 2.85. The van der Waals surface area contributed by atoms with Gasteiger partial charge in [0, 0.05) is 25.9 Å². The Kier molecular flexibility index (Phi) is 5.11. The van der Waals surface area contributed by atoms with E-state index in [9.17, 15) is 0 Å². The highest BCUT2D eigenvalue weighted by Crippen LogP contribution is 2.42. The molecule has 2 aromatic carbocycles. The van der Waals surface area contributed by atoms with Crippen LogP contribution in [0, 0.1) is 0 Å². The fourth-order valence-electron chi connectivity index (χ4n) is 4.56. The molecule has 1 unspecified atom stereocenters. The van der Waals surface area contributed by atoms with E-state index >= 15 is 0 Å². The third-order valence-corrected chi connectivity index (χ3v) is 6.10. The van der Waals surface area contributed by atoms with Gasteiger partial charge in [0.1, 0.15) is 22.9 Å². The molecule has 0 aliphatic carbocycles. The minimum Gasteiger partial charge on any atom is -0.470 e. The van der Waals surface area contributed by atoms with Crippen LogP contribution >= 0.6 is 0 Å². The van der Waals surface area contributed by atoms with Crippen molar-refractivity contribution in [2.45, 2.75) is 37.8 Å². The number of nitrogens with zero attached hydrogens (tertiary/aromatic N) is 3. The van der Waals surface area contributed by atoms with Crippen molar-refractivity contribution in [1.29, 1.82) is 0 Å². The molecule has 3 heterocycles. The van der Waals surface area contributed by atoms with Crippen molar-refractivity contribution in [3.05, 3.63) is 65.7 Å². The molecule has 1 saturated heterocycles. The van der Waals surface area contributed by atoms with Gasteiger partial charge in [-0.05, 0) is 49.2 Å². The van der Waals surface area contributed by atoms with Crippen molar-refractivity contribution in [2.75, 3.05) is 24.6 Å². The van der Waals surface area contributed by atoms with E-state index in [0.717, 1.165) is 62.4 Å². The van der Waals surface area contributed by atoms with Gasteiger partial charge in [-0.1, -0.05) is 30.3 Å². The third-order valence-electron chi connectivity index (χ3n) is 6.10. The number of anilines is 2. The van der Waals surface area contributed by atoms with Crippen molar-refractivity contribution in [2.24, 2.45) is 0 Å². The van der Waals surface area contributed by atoms with Gasteiger partial charge < -0.3 is 20.9 Å². The molecule has 1 atom stereocenters. The largest absolute Gasteiger partial charge is 0.470 e. The molecule has 5 rings (SSSR count). The highest BCUT2D eigenvalue weighted by Gasteiger charge is 2.42. The van der Waals surface area contributed by atoms with Crippen LogP contribution in [0.1, 0.15) is 30.4 Å². The van der Waals surface area contributed by atoms with Crippen LogP contribution in [-0.4, -0.2) is 33.6 Å². The summed E-state index contributed by atoms with van der Waals surface area (Å²) in [6, 6.07) is 18.2. The number of para-hydroxylation sites is 1. The van der Waals surface area contributed by atoms with Crippen LogP contribution in [0.3, 0.4) is 0 Å². The summed E-state index contributed by atoms with van der Waals surface area (Å²) < 4.78 is 12.3. The highest BCUT2D eigenvalue weighted by atomic mass is 16.5. The molecule has 0 saturated carbocycles. The molecule has 2 aliphatic rings. The highest BCUT2D eigenvalue weighted by molar-refractivity contribution is 5.52. The normalized spacial score (nSPS) is 20.8. The first-order valence-corrected chi connectivity index (χ1v) is 10.7. The maximum atomic E-state index is 6.30. The van der Waals surface area contributed by atoms with Gasteiger partial charge in [-0.2, -0.15) is 9.97 Å². The quantitative estimate of drug-likeness (QED) is 0.666. The topological polar surface area (TPSA) is 99.5 Å². The number of nitrogen functional groups attached to an aromatic ring is 2. The zero-order chi connectivity index (χ0) is 21.3. The van der Waals surface area contributed by atoms with E-state index in [2.05, 4.69) is 33.1 Å². The molecule has 0 radical (unpaired) electrons. The maximum absolute atomic E-state index is 6.30. The second-order valence-electron chi connectivity index (χ2n) is 8.40. The summed E-state index contributed by atoms with van der Waals surface area (Å²) in [7, 11) is 0. The molecule has 4 N–H and O–H groups in total. The molecular formula is C24H27N5O2. The lowest BCUT2D eigenvalue weighted by molar-refractivity contribution is 0.0728. The van der Waals surface area contributed by atoms with Crippen molar-refractivity contribution >= 4 is 11.8 Å². The van der Waals surface area contributed by atoms with Crippen LogP contribution in [-0.2, 0) is 13.0 Å². The van der Waals surface area contributed by atoms with Gasteiger partial charge in [0.25, 0.3) is 0 Å². The molecule has 1 spiro atoms. The van der Waals surface area contributed by atoms with Gasteiger partial charge in [0.15, 0.2) is 0 Å². The average molecular weight is 418 g/mol. The second kappa shape index (κ2) is 8.07. The van der Waals surface area contributed by atoms with Crippen LogP contribution < -0.4 is 20.9 Å². The molecule has 0 bridgehead atoms. The fraction of sp³-hybridized carbons (Fsp3) is 0.333. The number of ether oxygens (including phenoxy) is 2. The SMILES string of the molecule is Nc1nc(N)c2c(n1)OC1(CCCN(Cc3cccc(Oc4ccccc4)c3)CC1)C2. The van der Waals surface area contributed by atoms with Crippen molar-refractivity contribution in [3.63, 3.8) is 0 Å². The summed E-state index contributed by atoms with van der Waals surface area (Å²) in [5.41, 5.74) is 13.7. The Morgan fingerprint density at radius 3 is 2.68 bits per heavy atom. The Morgan fingerprint density at radius 2 is 1.81 bits per heavy atom. The van der Waals surface area contributed by atoms with E-state index in [4.69, 9.17) is 20.9 Å². The number of nitrogens with two attached hydrogens (primary N) is 2. The Labute approximate surface area is 182 Å². The predicted molar refractivity (Wildman–Crippen MR) is 120 cm³/mol. The van der Waals surface area contributed by atoms with Gasteiger partial charge in [-0.15, -0.1) is 0 Å². The van der Waals surface area contributed by atoms with E-state index in [0.29, 0.717) is 11.7 Å². The summed E-state index contributed by atoms with van der Waals surface area (Å²) in [4.78, 5) is 10.8. The number of likely N-dealkylation sites (tertiary alicyclic amines) is 1. The van der Waals surface area contributed by atoms with Crippen LogP contribution in [0.25, 0.3) is 0 Å². The molecule has 1 aromatic heterocycles. The smallest absolute Gasteiger partial charge is 0.225 e.